The third kappa shape index (κ3) is 4.49. The van der Waals surface area contributed by atoms with Gasteiger partial charge in [0, 0.05) is 20.3 Å². The molecule has 6 heteroatoms. The van der Waals surface area contributed by atoms with Gasteiger partial charge in [-0.15, -0.1) is 0 Å². The van der Waals surface area contributed by atoms with Crippen LogP contribution in [0.1, 0.15) is 55.6 Å². The molecule has 0 spiro atoms. The first kappa shape index (κ1) is 23.7. The Kier molecular flexibility index (Phi) is 7.15. The maximum atomic E-state index is 13.3. The number of esters is 1. The molecule has 6 nitrogen and oxygen atoms in total. The van der Waals surface area contributed by atoms with Gasteiger partial charge in [0.15, 0.2) is 0 Å². The lowest BCUT2D eigenvalue weighted by molar-refractivity contribution is -0.703. The zero-order chi connectivity index (χ0) is 24.1. The van der Waals surface area contributed by atoms with Crippen LogP contribution in [0.3, 0.4) is 0 Å². The highest BCUT2D eigenvalue weighted by atomic mass is 16.5. The molecule has 1 aromatic heterocycles. The van der Waals surface area contributed by atoms with E-state index in [9.17, 15) is 9.59 Å². The van der Waals surface area contributed by atoms with E-state index in [-0.39, 0.29) is 17.8 Å². The van der Waals surface area contributed by atoms with Crippen molar-refractivity contribution in [3.8, 4) is 0 Å². The van der Waals surface area contributed by atoms with E-state index in [0.29, 0.717) is 12.6 Å². The van der Waals surface area contributed by atoms with Crippen molar-refractivity contribution in [2.45, 2.75) is 57.5 Å². The summed E-state index contributed by atoms with van der Waals surface area (Å²) in [6, 6.07) is 20.3. The molecule has 34 heavy (non-hydrogen) atoms. The Balaban J connectivity index is 1.60. The molecule has 1 aliphatic carbocycles. The number of aryl methyl sites for hydroxylation is 1. The zero-order valence-electron chi connectivity index (χ0n) is 20.0. The van der Waals surface area contributed by atoms with Crippen LogP contribution in [0.5, 0.6) is 0 Å². The molecule has 0 saturated heterocycles. The van der Waals surface area contributed by atoms with Crippen molar-refractivity contribution in [3.05, 3.63) is 90.0 Å². The van der Waals surface area contributed by atoms with E-state index in [2.05, 4.69) is 28.5 Å². The maximum Gasteiger partial charge on any atom is 0.302 e. The zero-order valence-corrected chi connectivity index (χ0v) is 20.0. The van der Waals surface area contributed by atoms with Gasteiger partial charge in [-0.2, -0.15) is 0 Å². The van der Waals surface area contributed by atoms with Gasteiger partial charge in [-0.1, -0.05) is 60.7 Å². The third-order valence-electron chi connectivity index (χ3n) is 7.30. The van der Waals surface area contributed by atoms with Crippen molar-refractivity contribution in [2.24, 2.45) is 11.7 Å². The van der Waals surface area contributed by atoms with E-state index in [0.717, 1.165) is 49.2 Å². The van der Waals surface area contributed by atoms with E-state index in [1.807, 2.05) is 60.7 Å². The summed E-state index contributed by atoms with van der Waals surface area (Å²) in [4.78, 5) is 24.3. The van der Waals surface area contributed by atoms with Crippen molar-refractivity contribution in [1.29, 1.82) is 0 Å². The second-order valence-electron chi connectivity index (χ2n) is 9.21. The number of primary amides is 1. The molecule has 1 fully saturated rings. The smallest absolute Gasteiger partial charge is 0.302 e. The van der Waals surface area contributed by atoms with E-state index < -0.39 is 5.41 Å². The maximum absolute atomic E-state index is 13.3. The van der Waals surface area contributed by atoms with Crippen molar-refractivity contribution >= 4 is 11.9 Å². The standard InChI is InChI=1S/C28H33N3O3/c1-21-30(16-9-19-34-22(2)32)17-18-31(21)26-15-14-25(20-26)28(27(29)33,23-10-5-3-6-11-23)24-12-7-4-8-13-24/h3-8,10-13,17-18,25-26H,9,14-16,19-20H2,1-2H3,(H-,29,33)/p+1. The summed E-state index contributed by atoms with van der Waals surface area (Å²) in [6.45, 7) is 4.77. The van der Waals surface area contributed by atoms with Crippen LogP contribution < -0.4 is 10.3 Å². The van der Waals surface area contributed by atoms with Gasteiger partial charge in [0.1, 0.15) is 23.9 Å². The van der Waals surface area contributed by atoms with Gasteiger partial charge in [-0.05, 0) is 36.3 Å². The van der Waals surface area contributed by atoms with Crippen LogP contribution in [0.4, 0.5) is 0 Å². The first-order valence-electron chi connectivity index (χ1n) is 12.1. The topological polar surface area (TPSA) is 78.2 Å². The number of carbonyl (C=O) groups is 2. The fourth-order valence-corrected chi connectivity index (χ4v) is 5.72. The van der Waals surface area contributed by atoms with Gasteiger partial charge in [0.25, 0.3) is 5.82 Å². The van der Waals surface area contributed by atoms with Gasteiger partial charge >= 0.3 is 5.97 Å². The number of ether oxygens (including phenoxy) is 1. The van der Waals surface area contributed by atoms with Crippen LogP contribution in [0, 0.1) is 12.8 Å². The number of hydrogen-bond acceptors (Lipinski definition) is 3. The third-order valence-corrected chi connectivity index (χ3v) is 7.30. The van der Waals surface area contributed by atoms with Crippen molar-refractivity contribution in [1.82, 2.24) is 4.57 Å². The first-order chi connectivity index (χ1) is 16.4. The molecule has 1 heterocycles. The molecular formula is C28H34N3O3+. The number of rotatable bonds is 9. The summed E-state index contributed by atoms with van der Waals surface area (Å²) >= 11 is 0. The normalized spacial score (nSPS) is 18.1. The molecule has 0 bridgehead atoms. The van der Waals surface area contributed by atoms with E-state index in [1.54, 1.807) is 0 Å². The van der Waals surface area contributed by atoms with Crippen molar-refractivity contribution < 1.29 is 18.9 Å². The first-order valence-corrected chi connectivity index (χ1v) is 12.1. The fraction of sp³-hybridized carbons (Fsp3) is 0.393. The molecule has 4 rings (SSSR count). The largest absolute Gasteiger partial charge is 0.466 e. The van der Waals surface area contributed by atoms with Gasteiger partial charge in [0.05, 0.1) is 13.2 Å². The van der Waals surface area contributed by atoms with Crippen LogP contribution in [0.2, 0.25) is 0 Å². The molecule has 0 aliphatic heterocycles. The minimum Gasteiger partial charge on any atom is -0.466 e. The minimum atomic E-state index is -0.863. The Morgan fingerprint density at radius 3 is 2.24 bits per heavy atom. The lowest BCUT2D eigenvalue weighted by Gasteiger charge is -2.37. The van der Waals surface area contributed by atoms with E-state index in [4.69, 9.17) is 10.5 Å². The van der Waals surface area contributed by atoms with Gasteiger partial charge in [-0.25, -0.2) is 9.13 Å². The van der Waals surface area contributed by atoms with E-state index >= 15 is 0 Å². The molecule has 2 atom stereocenters. The summed E-state index contributed by atoms with van der Waals surface area (Å²) in [7, 11) is 0. The monoisotopic (exact) mass is 460 g/mol. The molecule has 2 N–H and O–H groups in total. The quantitative estimate of drug-likeness (QED) is 0.299. The fourth-order valence-electron chi connectivity index (χ4n) is 5.72. The molecule has 2 unspecified atom stereocenters. The second kappa shape index (κ2) is 10.2. The Morgan fingerprint density at radius 2 is 1.68 bits per heavy atom. The SMILES string of the molecule is CC(=O)OCCC[n+]1ccn(C2CCC(C(C(N)=O)(c3ccccc3)c3ccccc3)C2)c1C. The van der Waals surface area contributed by atoms with Gasteiger partial charge in [0.2, 0.25) is 5.91 Å². The Morgan fingerprint density at radius 1 is 1.06 bits per heavy atom. The molecule has 1 amide bonds. The Labute approximate surface area is 201 Å². The van der Waals surface area contributed by atoms with Crippen LogP contribution >= 0.6 is 0 Å². The number of benzene rings is 2. The van der Waals surface area contributed by atoms with Gasteiger partial charge in [-0.3, -0.25) is 9.59 Å². The second-order valence-corrected chi connectivity index (χ2v) is 9.21. The number of carbonyl (C=O) groups excluding carboxylic acids is 2. The number of nitrogens with zero attached hydrogens (tertiary/aromatic N) is 2. The van der Waals surface area contributed by atoms with Crippen LogP contribution in [0.15, 0.2) is 73.1 Å². The van der Waals surface area contributed by atoms with Gasteiger partial charge < -0.3 is 10.5 Å². The highest BCUT2D eigenvalue weighted by Gasteiger charge is 2.51. The number of nitrogens with two attached hydrogens (primary N) is 1. The lowest BCUT2D eigenvalue weighted by Crippen LogP contribution is -2.47. The van der Waals surface area contributed by atoms with Crippen molar-refractivity contribution in [2.75, 3.05) is 6.61 Å². The molecule has 0 radical (unpaired) electrons. The average Bonchev–Trinajstić information content (AvgIpc) is 3.45. The predicted molar refractivity (Wildman–Crippen MR) is 130 cm³/mol. The summed E-state index contributed by atoms with van der Waals surface area (Å²) in [5, 5.41) is 0. The molecule has 1 aliphatic rings. The number of aromatic nitrogens is 2. The predicted octanol–water partition coefficient (Wildman–Crippen LogP) is 3.85. The molecule has 3 aromatic rings. The Hall–Kier alpha value is -3.41. The summed E-state index contributed by atoms with van der Waals surface area (Å²) < 4.78 is 9.59. The molecule has 2 aromatic carbocycles. The summed E-state index contributed by atoms with van der Waals surface area (Å²) in [6.07, 6.45) is 7.77. The highest BCUT2D eigenvalue weighted by molar-refractivity contribution is 5.91. The molecule has 178 valence electrons. The van der Waals surface area contributed by atoms with E-state index in [1.165, 1.54) is 6.92 Å². The van der Waals surface area contributed by atoms with Crippen LogP contribution in [-0.4, -0.2) is 23.1 Å². The van der Waals surface area contributed by atoms with Crippen molar-refractivity contribution in [3.63, 3.8) is 0 Å². The number of imidazole rings is 1. The average molecular weight is 461 g/mol. The number of hydrogen-bond donors (Lipinski definition) is 1. The molecular weight excluding hydrogens is 426 g/mol. The van der Waals surface area contributed by atoms with Crippen LogP contribution in [0.25, 0.3) is 0 Å². The minimum absolute atomic E-state index is 0.0963. The highest BCUT2D eigenvalue weighted by Crippen LogP contribution is 2.49. The lowest BCUT2D eigenvalue weighted by atomic mass is 9.64. The Bertz CT molecular complexity index is 1080. The summed E-state index contributed by atoms with van der Waals surface area (Å²) in [5.74, 6) is 0.725. The summed E-state index contributed by atoms with van der Waals surface area (Å²) in [5.41, 5.74) is 7.30. The number of amides is 1. The molecule has 1 saturated carbocycles. The van der Waals surface area contributed by atoms with Crippen LogP contribution in [-0.2, 0) is 26.3 Å².